The number of nitrogens with one attached hydrogen (secondary N) is 1. The fourth-order valence-electron chi connectivity index (χ4n) is 1.69. The molecule has 0 bridgehead atoms. The monoisotopic (exact) mass is 187 g/mol. The molecule has 1 aliphatic carbocycles. The van der Waals surface area contributed by atoms with Crippen molar-refractivity contribution in [2.24, 2.45) is 0 Å². The molecule has 0 saturated heterocycles. The molecule has 0 amide bonds. The van der Waals surface area contributed by atoms with Gasteiger partial charge >= 0.3 is 0 Å². The lowest BCUT2D eigenvalue weighted by Gasteiger charge is -2.11. The maximum atomic E-state index is 5.22. The SMILES string of the molecule is C#CCNC1CCC(=C)/C1=C\C=C/C. The summed E-state index contributed by atoms with van der Waals surface area (Å²) in [6.07, 6.45) is 13.6. The summed E-state index contributed by atoms with van der Waals surface area (Å²) in [5.74, 6) is 2.60. The van der Waals surface area contributed by atoms with E-state index in [0.717, 1.165) is 12.8 Å². The van der Waals surface area contributed by atoms with Crippen molar-refractivity contribution in [3.63, 3.8) is 0 Å². The number of rotatable bonds is 3. The third-order valence-electron chi connectivity index (χ3n) is 2.44. The second-order valence-corrected chi connectivity index (χ2v) is 3.43. The van der Waals surface area contributed by atoms with Gasteiger partial charge in [0.2, 0.25) is 0 Å². The average molecular weight is 187 g/mol. The molecule has 0 aromatic carbocycles. The third-order valence-corrected chi connectivity index (χ3v) is 2.44. The van der Waals surface area contributed by atoms with E-state index < -0.39 is 0 Å². The van der Waals surface area contributed by atoms with Crippen molar-refractivity contribution in [1.29, 1.82) is 0 Å². The fraction of sp³-hybridized carbons (Fsp3) is 0.385. The molecule has 1 heteroatoms. The Kier molecular flexibility index (Phi) is 4.22. The Morgan fingerprint density at radius 2 is 2.50 bits per heavy atom. The van der Waals surface area contributed by atoms with E-state index in [0.29, 0.717) is 12.6 Å². The summed E-state index contributed by atoms with van der Waals surface area (Å²) in [7, 11) is 0. The van der Waals surface area contributed by atoms with E-state index in [2.05, 4.69) is 30.0 Å². The fourth-order valence-corrected chi connectivity index (χ4v) is 1.69. The molecule has 0 aromatic heterocycles. The van der Waals surface area contributed by atoms with Gasteiger partial charge in [-0.3, -0.25) is 5.32 Å². The Labute approximate surface area is 86.6 Å². The maximum absolute atomic E-state index is 5.22. The molecule has 0 heterocycles. The summed E-state index contributed by atoms with van der Waals surface area (Å²) in [5.41, 5.74) is 2.54. The van der Waals surface area contributed by atoms with Crippen LogP contribution in [0.5, 0.6) is 0 Å². The van der Waals surface area contributed by atoms with Gasteiger partial charge in [0.05, 0.1) is 6.54 Å². The highest BCUT2D eigenvalue weighted by molar-refractivity contribution is 5.40. The van der Waals surface area contributed by atoms with E-state index in [4.69, 9.17) is 6.42 Å². The number of allylic oxidation sites excluding steroid dienone is 3. The van der Waals surface area contributed by atoms with Crippen LogP contribution in [0.3, 0.4) is 0 Å². The van der Waals surface area contributed by atoms with Crippen LogP contribution < -0.4 is 5.32 Å². The van der Waals surface area contributed by atoms with Gasteiger partial charge in [0.1, 0.15) is 0 Å². The first-order valence-corrected chi connectivity index (χ1v) is 4.97. The van der Waals surface area contributed by atoms with Gasteiger partial charge in [-0.2, -0.15) is 0 Å². The summed E-state index contributed by atoms with van der Waals surface area (Å²) in [6, 6.07) is 0.398. The lowest BCUT2D eigenvalue weighted by Crippen LogP contribution is -2.27. The zero-order valence-corrected chi connectivity index (χ0v) is 8.72. The number of hydrogen-bond donors (Lipinski definition) is 1. The van der Waals surface area contributed by atoms with E-state index in [1.165, 1.54) is 11.1 Å². The van der Waals surface area contributed by atoms with E-state index in [1.54, 1.807) is 0 Å². The highest BCUT2D eigenvalue weighted by Crippen LogP contribution is 2.29. The molecule has 1 aliphatic rings. The van der Waals surface area contributed by atoms with Gasteiger partial charge in [-0.05, 0) is 25.3 Å². The normalized spacial score (nSPS) is 24.7. The second kappa shape index (κ2) is 5.47. The smallest absolute Gasteiger partial charge is 0.0578 e. The summed E-state index contributed by atoms with van der Waals surface area (Å²) in [6.45, 7) is 6.70. The quantitative estimate of drug-likeness (QED) is 0.669. The minimum Gasteiger partial charge on any atom is -0.299 e. The molecule has 0 radical (unpaired) electrons. The minimum absolute atomic E-state index is 0.398. The first-order chi connectivity index (χ1) is 6.79. The van der Waals surface area contributed by atoms with Crippen LogP contribution in [0.15, 0.2) is 36.0 Å². The summed E-state index contributed by atoms with van der Waals surface area (Å²) in [4.78, 5) is 0. The summed E-state index contributed by atoms with van der Waals surface area (Å²) in [5, 5.41) is 3.32. The lowest BCUT2D eigenvalue weighted by molar-refractivity contribution is 0.622. The van der Waals surface area contributed by atoms with E-state index in [9.17, 15) is 0 Å². The molecule has 1 fully saturated rings. The Morgan fingerprint density at radius 3 is 3.14 bits per heavy atom. The highest BCUT2D eigenvalue weighted by atomic mass is 14.9. The van der Waals surface area contributed by atoms with Gasteiger partial charge in [0.15, 0.2) is 0 Å². The van der Waals surface area contributed by atoms with Crippen LogP contribution in [0.25, 0.3) is 0 Å². The lowest BCUT2D eigenvalue weighted by atomic mass is 10.1. The average Bonchev–Trinajstić information content (AvgIpc) is 2.53. The summed E-state index contributed by atoms with van der Waals surface area (Å²) >= 11 is 0. The zero-order valence-electron chi connectivity index (χ0n) is 8.72. The van der Waals surface area contributed by atoms with Gasteiger partial charge in [0.25, 0.3) is 0 Å². The zero-order chi connectivity index (χ0) is 10.4. The number of terminal acetylenes is 1. The van der Waals surface area contributed by atoms with E-state index >= 15 is 0 Å². The van der Waals surface area contributed by atoms with Crippen LogP contribution in [0, 0.1) is 12.3 Å². The van der Waals surface area contributed by atoms with Gasteiger partial charge in [0, 0.05) is 6.04 Å². The Hall–Kier alpha value is -1.26. The molecule has 0 spiro atoms. The molecule has 1 atom stereocenters. The van der Waals surface area contributed by atoms with Crippen LogP contribution in [0.1, 0.15) is 19.8 Å². The van der Waals surface area contributed by atoms with E-state index in [-0.39, 0.29) is 0 Å². The van der Waals surface area contributed by atoms with Gasteiger partial charge in [-0.1, -0.05) is 36.3 Å². The molecular formula is C13H17N. The van der Waals surface area contributed by atoms with Crippen molar-refractivity contribution in [1.82, 2.24) is 5.32 Å². The third kappa shape index (κ3) is 2.61. The molecule has 14 heavy (non-hydrogen) atoms. The van der Waals surface area contributed by atoms with Crippen molar-refractivity contribution in [2.75, 3.05) is 6.54 Å². The molecule has 1 rings (SSSR count). The predicted octanol–water partition coefficient (Wildman–Crippen LogP) is 2.43. The van der Waals surface area contributed by atoms with Crippen LogP contribution in [0.4, 0.5) is 0 Å². The largest absolute Gasteiger partial charge is 0.299 e. The van der Waals surface area contributed by atoms with Crippen molar-refractivity contribution >= 4 is 0 Å². The van der Waals surface area contributed by atoms with Crippen molar-refractivity contribution in [3.8, 4) is 12.3 Å². The van der Waals surface area contributed by atoms with Crippen molar-refractivity contribution < 1.29 is 0 Å². The molecule has 0 aromatic rings. The van der Waals surface area contributed by atoms with Gasteiger partial charge in [-0.25, -0.2) is 0 Å². The Balaban J connectivity index is 2.67. The second-order valence-electron chi connectivity index (χ2n) is 3.43. The Bertz CT molecular complexity index is 302. The standard InChI is InChI=1S/C13H17N/c1-4-6-7-12-11(3)8-9-13(12)14-10-5-2/h2,4,6-7,13-14H,3,8-10H2,1H3/b6-4-,12-7+. The van der Waals surface area contributed by atoms with Crippen LogP contribution in [-0.4, -0.2) is 12.6 Å². The molecular weight excluding hydrogens is 170 g/mol. The molecule has 1 N–H and O–H groups in total. The molecule has 1 saturated carbocycles. The first kappa shape index (κ1) is 10.8. The highest BCUT2D eigenvalue weighted by Gasteiger charge is 2.22. The van der Waals surface area contributed by atoms with Crippen molar-refractivity contribution in [2.45, 2.75) is 25.8 Å². The topological polar surface area (TPSA) is 12.0 Å². The molecule has 0 aliphatic heterocycles. The van der Waals surface area contributed by atoms with Crippen LogP contribution in [-0.2, 0) is 0 Å². The Morgan fingerprint density at radius 1 is 1.71 bits per heavy atom. The molecule has 74 valence electrons. The minimum atomic E-state index is 0.398. The van der Waals surface area contributed by atoms with Crippen LogP contribution >= 0.6 is 0 Å². The maximum Gasteiger partial charge on any atom is 0.0578 e. The van der Waals surface area contributed by atoms with Gasteiger partial charge < -0.3 is 0 Å². The summed E-state index contributed by atoms with van der Waals surface area (Å²) < 4.78 is 0. The molecule has 1 nitrogen and oxygen atoms in total. The van der Waals surface area contributed by atoms with Crippen LogP contribution in [0.2, 0.25) is 0 Å². The predicted molar refractivity (Wildman–Crippen MR) is 61.9 cm³/mol. The van der Waals surface area contributed by atoms with Crippen molar-refractivity contribution in [3.05, 3.63) is 36.0 Å². The molecule has 1 unspecified atom stereocenters. The van der Waals surface area contributed by atoms with E-state index in [1.807, 2.05) is 13.0 Å². The van der Waals surface area contributed by atoms with Gasteiger partial charge in [-0.15, -0.1) is 6.42 Å². The number of hydrogen-bond acceptors (Lipinski definition) is 1. The first-order valence-electron chi connectivity index (χ1n) is 4.97.